The molecule has 1 N–H and O–H groups in total. The highest BCUT2D eigenvalue weighted by molar-refractivity contribution is 5.90. The molecule has 0 aliphatic carbocycles. The molecule has 2 rings (SSSR count). The van der Waals surface area contributed by atoms with Crippen LogP contribution in [0.25, 0.3) is 0 Å². The van der Waals surface area contributed by atoms with Crippen LogP contribution in [0.3, 0.4) is 0 Å². The van der Waals surface area contributed by atoms with Crippen LogP contribution in [0.4, 0.5) is 4.39 Å². The lowest BCUT2D eigenvalue weighted by Crippen LogP contribution is -2.06. The largest absolute Gasteiger partial charge is 0.492 e. The van der Waals surface area contributed by atoms with Gasteiger partial charge in [-0.05, 0) is 35.9 Å². The SMILES string of the molecule is O=C(O)c1cc(F)ccc1OCCc1ccncc1. The van der Waals surface area contributed by atoms with Crippen LogP contribution in [0, 0.1) is 5.82 Å². The van der Waals surface area contributed by atoms with Gasteiger partial charge in [-0.25, -0.2) is 9.18 Å². The topological polar surface area (TPSA) is 59.4 Å². The van der Waals surface area contributed by atoms with E-state index in [1.54, 1.807) is 12.4 Å². The summed E-state index contributed by atoms with van der Waals surface area (Å²) in [5.74, 6) is -1.64. The minimum Gasteiger partial charge on any atom is -0.492 e. The number of carboxylic acid groups (broad SMARTS) is 1. The minimum absolute atomic E-state index is 0.169. The second kappa shape index (κ2) is 5.95. The van der Waals surface area contributed by atoms with Crippen molar-refractivity contribution in [1.29, 1.82) is 0 Å². The third kappa shape index (κ3) is 3.51. The van der Waals surface area contributed by atoms with E-state index in [0.717, 1.165) is 11.6 Å². The Labute approximate surface area is 109 Å². The predicted molar refractivity (Wildman–Crippen MR) is 66.8 cm³/mol. The summed E-state index contributed by atoms with van der Waals surface area (Å²) in [5, 5.41) is 8.95. The average molecular weight is 261 g/mol. The quantitative estimate of drug-likeness (QED) is 0.898. The lowest BCUT2D eigenvalue weighted by molar-refractivity contribution is 0.0691. The van der Waals surface area contributed by atoms with E-state index in [0.29, 0.717) is 13.0 Å². The minimum atomic E-state index is -1.21. The normalized spacial score (nSPS) is 10.2. The summed E-state index contributed by atoms with van der Waals surface area (Å²) in [6.45, 7) is 0.315. The van der Waals surface area contributed by atoms with Crippen molar-refractivity contribution in [2.24, 2.45) is 0 Å². The summed E-state index contributed by atoms with van der Waals surface area (Å²) in [6, 6.07) is 7.15. The van der Waals surface area contributed by atoms with Gasteiger partial charge >= 0.3 is 5.97 Å². The molecular formula is C14H12FNO3. The van der Waals surface area contributed by atoms with Gasteiger partial charge in [0.15, 0.2) is 0 Å². The fraction of sp³-hybridized carbons (Fsp3) is 0.143. The highest BCUT2D eigenvalue weighted by Gasteiger charge is 2.12. The number of carboxylic acids is 1. The Balaban J connectivity index is 2.02. The zero-order valence-electron chi connectivity index (χ0n) is 10.0. The number of aromatic nitrogens is 1. The van der Waals surface area contributed by atoms with Crippen LogP contribution in [-0.2, 0) is 6.42 Å². The Morgan fingerprint density at radius 2 is 2.00 bits per heavy atom. The van der Waals surface area contributed by atoms with E-state index in [2.05, 4.69) is 4.98 Å². The fourth-order valence-corrected chi connectivity index (χ4v) is 1.62. The van der Waals surface area contributed by atoms with E-state index < -0.39 is 11.8 Å². The van der Waals surface area contributed by atoms with Crippen LogP contribution in [0.2, 0.25) is 0 Å². The molecule has 1 aromatic carbocycles. The van der Waals surface area contributed by atoms with E-state index in [1.807, 2.05) is 12.1 Å². The molecule has 1 aromatic heterocycles. The highest BCUT2D eigenvalue weighted by Crippen LogP contribution is 2.20. The van der Waals surface area contributed by atoms with E-state index >= 15 is 0 Å². The molecule has 0 radical (unpaired) electrons. The molecule has 19 heavy (non-hydrogen) atoms. The lowest BCUT2D eigenvalue weighted by atomic mass is 10.2. The van der Waals surface area contributed by atoms with Crippen LogP contribution in [-0.4, -0.2) is 22.7 Å². The third-order valence-corrected chi connectivity index (χ3v) is 2.57. The lowest BCUT2D eigenvalue weighted by Gasteiger charge is -2.09. The molecule has 0 saturated carbocycles. The van der Waals surface area contributed by atoms with Crippen molar-refractivity contribution in [2.75, 3.05) is 6.61 Å². The molecule has 5 heteroatoms. The van der Waals surface area contributed by atoms with Gasteiger partial charge < -0.3 is 9.84 Å². The maximum absolute atomic E-state index is 13.0. The van der Waals surface area contributed by atoms with Crippen LogP contribution in [0.5, 0.6) is 5.75 Å². The predicted octanol–water partition coefficient (Wildman–Crippen LogP) is 2.54. The Morgan fingerprint density at radius 3 is 2.68 bits per heavy atom. The second-order valence-corrected chi connectivity index (χ2v) is 3.90. The number of nitrogens with zero attached hydrogens (tertiary/aromatic N) is 1. The molecule has 2 aromatic rings. The molecular weight excluding hydrogens is 249 g/mol. The number of hydrogen-bond donors (Lipinski definition) is 1. The van der Waals surface area contributed by atoms with Gasteiger partial charge in [0.1, 0.15) is 17.1 Å². The van der Waals surface area contributed by atoms with Gasteiger partial charge in [-0.1, -0.05) is 0 Å². The number of halogens is 1. The van der Waals surface area contributed by atoms with Crippen molar-refractivity contribution >= 4 is 5.97 Å². The summed E-state index contributed by atoms with van der Waals surface area (Å²) in [6.07, 6.45) is 3.98. The molecule has 0 atom stereocenters. The van der Waals surface area contributed by atoms with Crippen molar-refractivity contribution in [3.63, 3.8) is 0 Å². The first-order chi connectivity index (χ1) is 9.16. The van der Waals surface area contributed by atoms with Crippen molar-refractivity contribution in [1.82, 2.24) is 4.98 Å². The average Bonchev–Trinajstić information content (AvgIpc) is 2.41. The molecule has 0 aliphatic rings. The zero-order valence-corrected chi connectivity index (χ0v) is 10.0. The maximum Gasteiger partial charge on any atom is 0.339 e. The number of ether oxygens (including phenoxy) is 1. The van der Waals surface area contributed by atoms with Gasteiger partial charge in [-0.2, -0.15) is 0 Å². The standard InChI is InChI=1S/C14H12FNO3/c15-11-1-2-13(12(9-11)14(17)18)19-8-5-10-3-6-16-7-4-10/h1-4,6-7,9H,5,8H2,(H,17,18). The van der Waals surface area contributed by atoms with Gasteiger partial charge in [-0.3, -0.25) is 4.98 Å². The molecule has 0 saturated heterocycles. The Morgan fingerprint density at radius 1 is 1.26 bits per heavy atom. The molecule has 0 unspecified atom stereocenters. The number of hydrogen-bond acceptors (Lipinski definition) is 3. The van der Waals surface area contributed by atoms with E-state index in [4.69, 9.17) is 9.84 Å². The van der Waals surface area contributed by atoms with Crippen LogP contribution in [0.15, 0.2) is 42.7 Å². The van der Waals surface area contributed by atoms with Crippen molar-refractivity contribution in [3.8, 4) is 5.75 Å². The van der Waals surface area contributed by atoms with Crippen LogP contribution >= 0.6 is 0 Å². The van der Waals surface area contributed by atoms with E-state index in [9.17, 15) is 9.18 Å². The maximum atomic E-state index is 13.0. The summed E-state index contributed by atoms with van der Waals surface area (Å²) in [4.78, 5) is 14.9. The second-order valence-electron chi connectivity index (χ2n) is 3.90. The molecule has 98 valence electrons. The van der Waals surface area contributed by atoms with Gasteiger partial charge in [0.2, 0.25) is 0 Å². The molecule has 1 heterocycles. The highest BCUT2D eigenvalue weighted by atomic mass is 19.1. The summed E-state index contributed by atoms with van der Waals surface area (Å²) >= 11 is 0. The summed E-state index contributed by atoms with van der Waals surface area (Å²) in [5.41, 5.74) is 0.865. The first-order valence-electron chi connectivity index (χ1n) is 5.71. The number of aromatic carboxylic acids is 1. The molecule has 4 nitrogen and oxygen atoms in total. The first-order valence-corrected chi connectivity index (χ1v) is 5.71. The Hall–Kier alpha value is -2.43. The molecule has 0 spiro atoms. The number of rotatable bonds is 5. The van der Waals surface area contributed by atoms with Crippen LogP contribution in [0.1, 0.15) is 15.9 Å². The van der Waals surface area contributed by atoms with E-state index in [-0.39, 0.29) is 11.3 Å². The number of pyridine rings is 1. The third-order valence-electron chi connectivity index (χ3n) is 2.57. The first kappa shape index (κ1) is 13.0. The molecule has 0 amide bonds. The molecule has 0 aliphatic heterocycles. The van der Waals surface area contributed by atoms with E-state index in [1.165, 1.54) is 12.1 Å². The van der Waals surface area contributed by atoms with Crippen molar-refractivity contribution in [3.05, 3.63) is 59.7 Å². The number of benzene rings is 1. The summed E-state index contributed by atoms with van der Waals surface area (Å²) in [7, 11) is 0. The van der Waals surface area contributed by atoms with Crippen molar-refractivity contribution in [2.45, 2.75) is 6.42 Å². The number of carbonyl (C=O) groups is 1. The van der Waals surface area contributed by atoms with Gasteiger partial charge in [-0.15, -0.1) is 0 Å². The zero-order chi connectivity index (χ0) is 13.7. The smallest absolute Gasteiger partial charge is 0.339 e. The Kier molecular flexibility index (Phi) is 4.07. The molecule has 0 fully saturated rings. The molecule has 0 bridgehead atoms. The van der Waals surface area contributed by atoms with Gasteiger partial charge in [0.25, 0.3) is 0 Å². The van der Waals surface area contributed by atoms with Gasteiger partial charge in [0.05, 0.1) is 6.61 Å². The van der Waals surface area contributed by atoms with Gasteiger partial charge in [0, 0.05) is 18.8 Å². The summed E-state index contributed by atoms with van der Waals surface area (Å²) < 4.78 is 18.4. The fourth-order valence-electron chi connectivity index (χ4n) is 1.62. The van der Waals surface area contributed by atoms with Crippen molar-refractivity contribution < 1.29 is 19.0 Å². The van der Waals surface area contributed by atoms with Crippen LogP contribution < -0.4 is 4.74 Å². The monoisotopic (exact) mass is 261 g/mol. The Bertz CT molecular complexity index is 572.